The zero-order valence-corrected chi connectivity index (χ0v) is 13.4. The number of benzene rings is 1. The molecule has 0 bridgehead atoms. The van der Waals surface area contributed by atoms with E-state index < -0.39 is 0 Å². The van der Waals surface area contributed by atoms with Gasteiger partial charge in [0, 0.05) is 7.11 Å². The van der Waals surface area contributed by atoms with Gasteiger partial charge < -0.3 is 4.74 Å². The maximum absolute atomic E-state index is 13.4. The van der Waals surface area contributed by atoms with Gasteiger partial charge in [-0.05, 0) is 68.1 Å². The van der Waals surface area contributed by atoms with Crippen LogP contribution in [0.15, 0.2) is 30.4 Å². The lowest BCUT2D eigenvalue weighted by Crippen LogP contribution is -2.14. The summed E-state index contributed by atoms with van der Waals surface area (Å²) in [5.74, 6) is 1.18. The molecule has 0 N–H and O–H groups in total. The van der Waals surface area contributed by atoms with Crippen LogP contribution in [-0.2, 0) is 11.2 Å². The van der Waals surface area contributed by atoms with Crippen molar-refractivity contribution in [2.45, 2.75) is 38.5 Å². The van der Waals surface area contributed by atoms with Crippen molar-refractivity contribution in [3.63, 3.8) is 0 Å². The average Bonchev–Trinajstić information content (AvgIpc) is 2.50. The Morgan fingerprint density at radius 3 is 2.71 bits per heavy atom. The Morgan fingerprint density at radius 1 is 1.29 bits per heavy atom. The summed E-state index contributed by atoms with van der Waals surface area (Å²) in [7, 11) is 1.72. The van der Waals surface area contributed by atoms with Gasteiger partial charge in [0.1, 0.15) is 5.82 Å². The lowest BCUT2D eigenvalue weighted by Gasteiger charge is -2.26. The lowest BCUT2D eigenvalue weighted by molar-refractivity contribution is 0.232. The molecule has 0 spiro atoms. The van der Waals surface area contributed by atoms with Gasteiger partial charge in [-0.15, -0.1) is 0 Å². The number of methoxy groups -OCH3 is 1. The highest BCUT2D eigenvalue weighted by molar-refractivity contribution is 6.30. The minimum atomic E-state index is -0.304. The van der Waals surface area contributed by atoms with Crippen LogP contribution in [-0.4, -0.2) is 13.7 Å². The average molecular weight is 311 g/mol. The van der Waals surface area contributed by atoms with Crippen molar-refractivity contribution in [1.82, 2.24) is 0 Å². The van der Waals surface area contributed by atoms with Crippen molar-refractivity contribution in [3.05, 3.63) is 46.8 Å². The van der Waals surface area contributed by atoms with E-state index in [9.17, 15) is 4.39 Å². The summed E-state index contributed by atoms with van der Waals surface area (Å²) >= 11 is 5.71. The highest BCUT2D eigenvalue weighted by Gasteiger charge is 2.19. The minimum absolute atomic E-state index is 0.210. The molecular formula is C18H24ClFO. The highest BCUT2D eigenvalue weighted by Crippen LogP contribution is 2.32. The number of halogens is 2. The van der Waals surface area contributed by atoms with Gasteiger partial charge >= 0.3 is 0 Å². The van der Waals surface area contributed by atoms with E-state index in [1.807, 2.05) is 6.07 Å². The summed E-state index contributed by atoms with van der Waals surface area (Å²) in [6, 6.07) is 5.16. The molecule has 1 aliphatic rings. The predicted octanol–water partition coefficient (Wildman–Crippen LogP) is 5.42. The Balaban J connectivity index is 1.72. The molecule has 1 fully saturated rings. The number of ether oxygens (including phenoxy) is 1. The zero-order valence-electron chi connectivity index (χ0n) is 12.7. The van der Waals surface area contributed by atoms with Crippen molar-refractivity contribution in [2.24, 2.45) is 11.8 Å². The third-order valence-electron chi connectivity index (χ3n) is 4.39. The van der Waals surface area contributed by atoms with E-state index >= 15 is 0 Å². The summed E-state index contributed by atoms with van der Waals surface area (Å²) in [4.78, 5) is 0. The molecule has 116 valence electrons. The molecule has 1 nitrogen and oxygen atoms in total. The monoisotopic (exact) mass is 310 g/mol. The van der Waals surface area contributed by atoms with Crippen LogP contribution in [0, 0.1) is 17.7 Å². The molecule has 0 saturated heterocycles. The molecule has 21 heavy (non-hydrogen) atoms. The van der Waals surface area contributed by atoms with Crippen LogP contribution in [0.1, 0.15) is 37.7 Å². The second-order valence-electron chi connectivity index (χ2n) is 5.95. The normalized spacial score (nSPS) is 22.8. The molecule has 0 heterocycles. The molecular weight excluding hydrogens is 287 g/mol. The van der Waals surface area contributed by atoms with Gasteiger partial charge in [-0.2, -0.15) is 0 Å². The van der Waals surface area contributed by atoms with Gasteiger partial charge in [0.05, 0.1) is 11.6 Å². The molecule has 0 amide bonds. The summed E-state index contributed by atoms with van der Waals surface area (Å²) < 4.78 is 18.4. The molecule has 0 aliphatic heterocycles. The molecule has 1 aliphatic carbocycles. The summed E-state index contributed by atoms with van der Waals surface area (Å²) in [6.45, 7) is 0.710. The van der Waals surface area contributed by atoms with Crippen LogP contribution < -0.4 is 0 Å². The van der Waals surface area contributed by atoms with E-state index in [2.05, 4.69) is 12.2 Å². The Kier molecular flexibility index (Phi) is 6.72. The van der Waals surface area contributed by atoms with Gasteiger partial charge in [0.2, 0.25) is 0 Å². The van der Waals surface area contributed by atoms with Gasteiger partial charge in [0.25, 0.3) is 0 Å². The molecule has 0 aromatic heterocycles. The van der Waals surface area contributed by atoms with E-state index in [-0.39, 0.29) is 10.8 Å². The maximum atomic E-state index is 13.4. The van der Waals surface area contributed by atoms with E-state index in [1.54, 1.807) is 19.2 Å². The first-order chi connectivity index (χ1) is 10.2. The van der Waals surface area contributed by atoms with E-state index in [0.29, 0.717) is 12.5 Å². The summed E-state index contributed by atoms with van der Waals surface area (Å²) in [5.41, 5.74) is 1.05. The van der Waals surface area contributed by atoms with E-state index in [4.69, 9.17) is 16.3 Å². The summed E-state index contributed by atoms with van der Waals surface area (Å²) in [5, 5.41) is 0.210. The standard InChI is InChI=1S/C18H24ClFO/c1-21-12-2-3-14-4-6-15(7-5-14)8-9-16-10-11-17(19)18(20)13-16/h2-3,10-11,13-15H,4-9,12H2,1H3/b3-2+. The molecule has 0 atom stereocenters. The minimum Gasteiger partial charge on any atom is -0.381 e. The quantitative estimate of drug-likeness (QED) is 0.637. The third-order valence-corrected chi connectivity index (χ3v) is 4.69. The smallest absolute Gasteiger partial charge is 0.142 e. The largest absolute Gasteiger partial charge is 0.381 e. The Morgan fingerprint density at radius 2 is 2.05 bits per heavy atom. The molecule has 2 rings (SSSR count). The van der Waals surface area contributed by atoms with Crippen LogP contribution >= 0.6 is 11.6 Å². The Hall–Kier alpha value is -0.860. The zero-order chi connectivity index (χ0) is 15.1. The predicted molar refractivity (Wildman–Crippen MR) is 86.2 cm³/mol. The molecule has 1 aromatic carbocycles. The molecule has 1 saturated carbocycles. The second kappa shape index (κ2) is 8.55. The first kappa shape index (κ1) is 16.5. The van der Waals surface area contributed by atoms with Crippen molar-refractivity contribution in [3.8, 4) is 0 Å². The van der Waals surface area contributed by atoms with Crippen molar-refractivity contribution >= 4 is 11.6 Å². The van der Waals surface area contributed by atoms with E-state index in [1.165, 1.54) is 25.7 Å². The third kappa shape index (κ3) is 5.44. The first-order valence-electron chi connectivity index (χ1n) is 7.78. The highest BCUT2D eigenvalue weighted by atomic mass is 35.5. The topological polar surface area (TPSA) is 9.23 Å². The van der Waals surface area contributed by atoms with Crippen LogP contribution in [0.2, 0.25) is 5.02 Å². The second-order valence-corrected chi connectivity index (χ2v) is 6.36. The number of aryl methyl sites for hydroxylation is 1. The first-order valence-corrected chi connectivity index (χ1v) is 8.16. The fourth-order valence-corrected chi connectivity index (χ4v) is 3.20. The van der Waals surface area contributed by atoms with Gasteiger partial charge in [-0.3, -0.25) is 0 Å². The fraction of sp³-hybridized carbons (Fsp3) is 0.556. The SMILES string of the molecule is COC/C=C/C1CCC(CCc2ccc(Cl)c(F)c2)CC1. The number of hydrogen-bond donors (Lipinski definition) is 0. The molecule has 0 radical (unpaired) electrons. The van der Waals surface area contributed by atoms with Crippen molar-refractivity contribution < 1.29 is 9.13 Å². The van der Waals surface area contributed by atoms with Gasteiger partial charge in [0.15, 0.2) is 0 Å². The Labute approximate surface area is 132 Å². The van der Waals surface area contributed by atoms with Gasteiger partial charge in [-0.25, -0.2) is 4.39 Å². The number of allylic oxidation sites excluding steroid dienone is 1. The van der Waals surface area contributed by atoms with Crippen LogP contribution in [0.4, 0.5) is 4.39 Å². The summed E-state index contributed by atoms with van der Waals surface area (Å²) in [6.07, 6.45) is 11.6. The maximum Gasteiger partial charge on any atom is 0.142 e. The lowest BCUT2D eigenvalue weighted by atomic mass is 9.79. The van der Waals surface area contributed by atoms with Crippen LogP contribution in [0.3, 0.4) is 0 Å². The molecule has 3 heteroatoms. The van der Waals surface area contributed by atoms with Crippen molar-refractivity contribution in [1.29, 1.82) is 0 Å². The number of rotatable bonds is 6. The van der Waals surface area contributed by atoms with E-state index in [0.717, 1.165) is 24.3 Å². The molecule has 0 unspecified atom stereocenters. The fourth-order valence-electron chi connectivity index (χ4n) is 3.08. The van der Waals surface area contributed by atoms with Crippen molar-refractivity contribution in [2.75, 3.05) is 13.7 Å². The number of hydrogen-bond acceptors (Lipinski definition) is 1. The van der Waals surface area contributed by atoms with Crippen LogP contribution in [0.5, 0.6) is 0 Å². The molecule has 1 aromatic rings. The van der Waals surface area contributed by atoms with Gasteiger partial charge in [-0.1, -0.05) is 29.8 Å². The Bertz CT molecular complexity index is 464. The van der Waals surface area contributed by atoms with Crippen LogP contribution in [0.25, 0.3) is 0 Å².